The molecule has 2 aromatic carbocycles. The molecule has 0 aliphatic rings. The minimum Gasteiger partial charge on any atom is -0.479 e. The standard InChI is InChI=1S/C23H18FN3O5/c1-14(23(29)30)31-18-8-7-16(20(24)11-18)13-27-21(28)19-6-3-9-26-22(19)32-17-5-2-4-15(10-17)12-25/h2-11,14H,13H2,1H3,(H,27,28)(H,29,30). The highest BCUT2D eigenvalue weighted by Crippen LogP contribution is 2.24. The van der Waals surface area contributed by atoms with Crippen LogP contribution in [-0.2, 0) is 11.3 Å². The van der Waals surface area contributed by atoms with E-state index in [-0.39, 0.29) is 29.3 Å². The van der Waals surface area contributed by atoms with Crippen molar-refractivity contribution < 1.29 is 28.6 Å². The van der Waals surface area contributed by atoms with E-state index in [1.165, 1.54) is 37.4 Å². The number of pyridine rings is 1. The SMILES string of the molecule is CC(Oc1ccc(CNC(=O)c2cccnc2Oc2cccc(C#N)c2)c(F)c1)C(=O)O. The molecule has 3 aromatic rings. The number of hydrogen-bond donors (Lipinski definition) is 2. The summed E-state index contributed by atoms with van der Waals surface area (Å²) >= 11 is 0. The van der Waals surface area contributed by atoms with E-state index in [1.54, 1.807) is 24.3 Å². The molecule has 0 saturated carbocycles. The zero-order chi connectivity index (χ0) is 23.1. The van der Waals surface area contributed by atoms with Gasteiger partial charge in [0.2, 0.25) is 5.88 Å². The van der Waals surface area contributed by atoms with Crippen molar-refractivity contribution in [2.24, 2.45) is 0 Å². The topological polar surface area (TPSA) is 122 Å². The Morgan fingerprint density at radius 1 is 1.19 bits per heavy atom. The van der Waals surface area contributed by atoms with E-state index < -0.39 is 23.8 Å². The van der Waals surface area contributed by atoms with Crippen LogP contribution < -0.4 is 14.8 Å². The summed E-state index contributed by atoms with van der Waals surface area (Å²) in [6.45, 7) is 1.20. The molecule has 3 rings (SSSR count). The molecular weight excluding hydrogens is 417 g/mol. The van der Waals surface area contributed by atoms with Crippen molar-refractivity contribution in [1.29, 1.82) is 5.26 Å². The highest BCUT2D eigenvalue weighted by Gasteiger charge is 2.16. The number of nitrogens with zero attached hydrogens (tertiary/aromatic N) is 2. The fourth-order valence-corrected chi connectivity index (χ4v) is 2.66. The number of carbonyl (C=O) groups is 2. The maximum atomic E-state index is 14.4. The van der Waals surface area contributed by atoms with E-state index in [9.17, 15) is 14.0 Å². The average Bonchev–Trinajstić information content (AvgIpc) is 2.78. The van der Waals surface area contributed by atoms with E-state index in [0.717, 1.165) is 6.07 Å². The number of hydrogen-bond acceptors (Lipinski definition) is 6. The lowest BCUT2D eigenvalue weighted by Crippen LogP contribution is -2.24. The summed E-state index contributed by atoms with van der Waals surface area (Å²) < 4.78 is 25.1. The van der Waals surface area contributed by atoms with Crippen LogP contribution in [0.3, 0.4) is 0 Å². The molecule has 0 radical (unpaired) electrons. The number of nitriles is 1. The molecule has 1 aromatic heterocycles. The predicted molar refractivity (Wildman–Crippen MR) is 111 cm³/mol. The third-order valence-corrected chi connectivity index (χ3v) is 4.32. The van der Waals surface area contributed by atoms with Gasteiger partial charge in [-0.25, -0.2) is 14.2 Å². The Labute approximate surface area is 182 Å². The molecule has 162 valence electrons. The number of carboxylic acids is 1. The molecule has 2 N–H and O–H groups in total. The largest absolute Gasteiger partial charge is 0.479 e. The van der Waals surface area contributed by atoms with E-state index >= 15 is 0 Å². The van der Waals surface area contributed by atoms with E-state index in [1.807, 2.05) is 6.07 Å². The van der Waals surface area contributed by atoms with Gasteiger partial charge in [-0.05, 0) is 43.3 Å². The van der Waals surface area contributed by atoms with E-state index in [0.29, 0.717) is 11.3 Å². The summed E-state index contributed by atoms with van der Waals surface area (Å²) in [6.07, 6.45) is 0.328. The average molecular weight is 435 g/mol. The van der Waals surface area contributed by atoms with Crippen LogP contribution in [-0.4, -0.2) is 28.1 Å². The van der Waals surface area contributed by atoms with Gasteiger partial charge in [0.05, 0.1) is 11.6 Å². The summed E-state index contributed by atoms with van der Waals surface area (Å²) in [5.74, 6) is -1.92. The zero-order valence-electron chi connectivity index (χ0n) is 16.9. The minimum atomic E-state index is -1.17. The summed E-state index contributed by atoms with van der Waals surface area (Å²) in [5.41, 5.74) is 0.706. The van der Waals surface area contributed by atoms with Crippen LogP contribution in [0.1, 0.15) is 28.4 Å². The van der Waals surface area contributed by atoms with Gasteiger partial charge in [0, 0.05) is 24.4 Å². The van der Waals surface area contributed by atoms with Gasteiger partial charge < -0.3 is 19.9 Å². The van der Waals surface area contributed by atoms with Crippen LogP contribution in [0.2, 0.25) is 0 Å². The van der Waals surface area contributed by atoms with Gasteiger partial charge in [0.1, 0.15) is 22.9 Å². The molecule has 1 heterocycles. The number of rotatable bonds is 8. The fourth-order valence-electron chi connectivity index (χ4n) is 2.66. The Bertz CT molecular complexity index is 1190. The monoisotopic (exact) mass is 435 g/mol. The number of aromatic nitrogens is 1. The van der Waals surface area contributed by atoms with Gasteiger partial charge in [0.25, 0.3) is 5.91 Å². The summed E-state index contributed by atoms with van der Waals surface area (Å²) in [7, 11) is 0. The predicted octanol–water partition coefficient (Wildman–Crippen LogP) is 3.67. The lowest BCUT2D eigenvalue weighted by Gasteiger charge is -2.13. The Balaban J connectivity index is 1.69. The van der Waals surface area contributed by atoms with Crippen LogP contribution in [0.5, 0.6) is 17.4 Å². The molecule has 9 heteroatoms. The molecule has 0 bridgehead atoms. The molecule has 8 nitrogen and oxygen atoms in total. The lowest BCUT2D eigenvalue weighted by molar-refractivity contribution is -0.144. The zero-order valence-corrected chi connectivity index (χ0v) is 16.9. The molecule has 32 heavy (non-hydrogen) atoms. The third-order valence-electron chi connectivity index (χ3n) is 4.32. The number of aliphatic carboxylic acids is 1. The third kappa shape index (κ3) is 5.58. The van der Waals surface area contributed by atoms with Crippen LogP contribution in [0.25, 0.3) is 0 Å². The van der Waals surface area contributed by atoms with Crippen molar-refractivity contribution in [2.75, 3.05) is 0 Å². The molecule has 0 aliphatic carbocycles. The molecular formula is C23H18FN3O5. The summed E-state index contributed by atoms with van der Waals surface area (Å²) in [6, 6.07) is 15.3. The Morgan fingerprint density at radius 2 is 2.00 bits per heavy atom. The second kappa shape index (κ2) is 10.0. The van der Waals surface area contributed by atoms with Crippen LogP contribution >= 0.6 is 0 Å². The fraction of sp³-hybridized carbons (Fsp3) is 0.130. The number of carboxylic acid groups (broad SMARTS) is 1. The number of amides is 1. The van der Waals surface area contributed by atoms with Crippen LogP contribution in [0.4, 0.5) is 4.39 Å². The van der Waals surface area contributed by atoms with Crippen LogP contribution in [0, 0.1) is 17.1 Å². The molecule has 0 spiro atoms. The molecule has 1 amide bonds. The summed E-state index contributed by atoms with van der Waals surface area (Å²) in [4.78, 5) is 27.6. The highest BCUT2D eigenvalue weighted by molar-refractivity contribution is 5.96. The molecule has 0 aliphatic heterocycles. The lowest BCUT2D eigenvalue weighted by atomic mass is 10.2. The molecule has 1 unspecified atom stereocenters. The Morgan fingerprint density at radius 3 is 2.72 bits per heavy atom. The quantitative estimate of drug-likeness (QED) is 0.554. The van der Waals surface area contributed by atoms with Gasteiger partial charge >= 0.3 is 5.97 Å². The summed E-state index contributed by atoms with van der Waals surface area (Å²) in [5, 5.41) is 20.5. The van der Waals surface area contributed by atoms with E-state index in [4.69, 9.17) is 19.8 Å². The first kappa shape index (κ1) is 22.2. The maximum absolute atomic E-state index is 14.4. The van der Waals surface area contributed by atoms with Gasteiger partial charge in [0.15, 0.2) is 6.10 Å². The second-order valence-electron chi connectivity index (χ2n) is 6.63. The highest BCUT2D eigenvalue weighted by atomic mass is 19.1. The smallest absolute Gasteiger partial charge is 0.344 e. The number of nitrogens with one attached hydrogen (secondary N) is 1. The van der Waals surface area contributed by atoms with Crippen molar-refractivity contribution >= 4 is 11.9 Å². The Hall–Kier alpha value is -4.45. The van der Waals surface area contributed by atoms with Crippen LogP contribution in [0.15, 0.2) is 60.8 Å². The number of benzene rings is 2. The molecule has 1 atom stereocenters. The van der Waals surface area contributed by atoms with Crippen molar-refractivity contribution in [3.8, 4) is 23.4 Å². The number of ether oxygens (including phenoxy) is 2. The first-order valence-electron chi connectivity index (χ1n) is 9.46. The van der Waals surface area contributed by atoms with Crippen molar-refractivity contribution in [3.63, 3.8) is 0 Å². The Kier molecular flexibility index (Phi) is 6.98. The molecule has 0 fully saturated rings. The van der Waals surface area contributed by atoms with Gasteiger partial charge in [-0.1, -0.05) is 12.1 Å². The maximum Gasteiger partial charge on any atom is 0.344 e. The van der Waals surface area contributed by atoms with Gasteiger partial charge in [-0.2, -0.15) is 5.26 Å². The van der Waals surface area contributed by atoms with Gasteiger partial charge in [-0.3, -0.25) is 4.79 Å². The number of halogens is 1. The van der Waals surface area contributed by atoms with Gasteiger partial charge in [-0.15, -0.1) is 0 Å². The first-order chi connectivity index (χ1) is 15.4. The van der Waals surface area contributed by atoms with Crippen molar-refractivity contribution in [1.82, 2.24) is 10.3 Å². The second-order valence-corrected chi connectivity index (χ2v) is 6.63. The number of carbonyl (C=O) groups excluding carboxylic acids is 1. The first-order valence-corrected chi connectivity index (χ1v) is 9.46. The van der Waals surface area contributed by atoms with Crippen molar-refractivity contribution in [2.45, 2.75) is 19.6 Å². The molecule has 0 saturated heterocycles. The normalized spacial score (nSPS) is 11.2. The van der Waals surface area contributed by atoms with E-state index in [2.05, 4.69) is 10.3 Å². The minimum absolute atomic E-state index is 0.0342. The van der Waals surface area contributed by atoms with Crippen molar-refractivity contribution in [3.05, 3.63) is 83.3 Å².